The van der Waals surface area contributed by atoms with Crippen molar-refractivity contribution in [2.75, 3.05) is 0 Å². The highest BCUT2D eigenvalue weighted by Crippen LogP contribution is 2.24. The topological polar surface area (TPSA) is 119 Å². The Hall–Kier alpha value is -2.28. The molecule has 0 spiro atoms. The van der Waals surface area contributed by atoms with Crippen molar-refractivity contribution < 1.29 is 24.9 Å². The van der Waals surface area contributed by atoms with E-state index in [-0.39, 0.29) is 11.3 Å². The fourth-order valence-electron chi connectivity index (χ4n) is 1.00. The number of hydrogen-bond acceptors (Lipinski definition) is 4. The van der Waals surface area contributed by atoms with Crippen LogP contribution in [0.3, 0.4) is 0 Å². The molecular formula is C11H13N2O5. The number of phenols is 2. The molecule has 97 valence electrons. The predicted molar refractivity (Wildman–Crippen MR) is 60.1 cm³/mol. The van der Waals surface area contributed by atoms with Gasteiger partial charge in [-0.25, -0.2) is 5.11 Å². The van der Waals surface area contributed by atoms with Crippen molar-refractivity contribution >= 4 is 11.8 Å². The van der Waals surface area contributed by atoms with Crippen LogP contribution in [0, 0.1) is 0 Å². The van der Waals surface area contributed by atoms with Crippen molar-refractivity contribution in [1.29, 1.82) is 0 Å². The van der Waals surface area contributed by atoms with Gasteiger partial charge >= 0.3 is 0 Å². The van der Waals surface area contributed by atoms with Crippen molar-refractivity contribution in [3.63, 3.8) is 0 Å². The molecule has 0 bridgehead atoms. The molecule has 0 aliphatic heterocycles. The van der Waals surface area contributed by atoms with Crippen LogP contribution in [-0.4, -0.2) is 27.6 Å². The molecule has 18 heavy (non-hydrogen) atoms. The second kappa shape index (κ2) is 4.92. The molecule has 1 rings (SSSR count). The average Bonchev–Trinajstić information content (AvgIpc) is 2.27. The smallest absolute Gasteiger partial charge is 0.273 e. The first-order valence-corrected chi connectivity index (χ1v) is 5.05. The lowest BCUT2D eigenvalue weighted by atomic mass is 10.1. The predicted octanol–water partition coefficient (Wildman–Crippen LogP) is 0.0679. The lowest BCUT2D eigenvalue weighted by molar-refractivity contribution is -0.143. The summed E-state index contributed by atoms with van der Waals surface area (Å²) in [4.78, 5) is 22.7. The second-order valence-electron chi connectivity index (χ2n) is 4.12. The molecule has 1 radical (unpaired) electrons. The third kappa shape index (κ3) is 3.36. The van der Waals surface area contributed by atoms with E-state index in [9.17, 15) is 19.8 Å². The van der Waals surface area contributed by atoms with Gasteiger partial charge in [-0.1, -0.05) is 0 Å². The monoisotopic (exact) mass is 253 g/mol. The number of amides is 2. The largest absolute Gasteiger partial charge is 0.504 e. The highest BCUT2D eigenvalue weighted by Gasteiger charge is 2.26. The minimum atomic E-state index is -1.87. The van der Waals surface area contributed by atoms with Gasteiger partial charge in [0.1, 0.15) is 0 Å². The van der Waals surface area contributed by atoms with Crippen LogP contribution in [0.15, 0.2) is 18.2 Å². The van der Waals surface area contributed by atoms with E-state index < -0.39 is 23.2 Å². The Bertz CT molecular complexity index is 479. The molecule has 0 fully saturated rings. The van der Waals surface area contributed by atoms with E-state index in [0.717, 1.165) is 26.0 Å². The highest BCUT2D eigenvalue weighted by atomic mass is 16.3. The van der Waals surface area contributed by atoms with Crippen LogP contribution in [0.5, 0.6) is 11.5 Å². The molecule has 0 heterocycles. The van der Waals surface area contributed by atoms with Crippen molar-refractivity contribution in [2.24, 2.45) is 0 Å². The quantitative estimate of drug-likeness (QED) is 0.440. The summed E-state index contributed by atoms with van der Waals surface area (Å²) in [6, 6.07) is 3.40. The van der Waals surface area contributed by atoms with Gasteiger partial charge in [-0.15, -0.1) is 0 Å². The van der Waals surface area contributed by atoms with E-state index >= 15 is 0 Å². The summed E-state index contributed by atoms with van der Waals surface area (Å²) >= 11 is 0. The molecule has 0 aromatic heterocycles. The second-order valence-corrected chi connectivity index (χ2v) is 4.12. The van der Waals surface area contributed by atoms with Crippen molar-refractivity contribution in [1.82, 2.24) is 10.9 Å². The molecule has 0 aliphatic carbocycles. The molecule has 1 aromatic carbocycles. The van der Waals surface area contributed by atoms with Gasteiger partial charge in [0.25, 0.3) is 11.8 Å². The Morgan fingerprint density at radius 2 is 1.72 bits per heavy atom. The van der Waals surface area contributed by atoms with E-state index in [1.54, 1.807) is 0 Å². The van der Waals surface area contributed by atoms with Crippen LogP contribution in [0.25, 0.3) is 0 Å². The zero-order valence-corrected chi connectivity index (χ0v) is 9.85. The molecular weight excluding hydrogens is 240 g/mol. The third-order valence-corrected chi connectivity index (χ3v) is 2.07. The molecule has 0 aliphatic rings. The van der Waals surface area contributed by atoms with E-state index in [0.29, 0.717) is 0 Å². The zero-order valence-electron chi connectivity index (χ0n) is 9.85. The SMILES string of the molecule is CC(C)([O])C(=O)NNC(=O)c1ccc(O)c(O)c1. The molecule has 0 atom stereocenters. The molecule has 4 N–H and O–H groups in total. The maximum Gasteiger partial charge on any atom is 0.273 e. The number of aromatic hydroxyl groups is 2. The lowest BCUT2D eigenvalue weighted by Gasteiger charge is -2.14. The van der Waals surface area contributed by atoms with Crippen molar-refractivity contribution in [3.8, 4) is 11.5 Å². The number of carbonyl (C=O) groups is 2. The fourth-order valence-corrected chi connectivity index (χ4v) is 1.00. The van der Waals surface area contributed by atoms with Gasteiger partial charge in [0.2, 0.25) is 0 Å². The van der Waals surface area contributed by atoms with E-state index in [4.69, 9.17) is 5.11 Å². The van der Waals surface area contributed by atoms with Crippen LogP contribution in [0.4, 0.5) is 0 Å². The van der Waals surface area contributed by atoms with E-state index in [1.165, 1.54) is 6.07 Å². The van der Waals surface area contributed by atoms with Crippen molar-refractivity contribution in [3.05, 3.63) is 23.8 Å². The molecule has 0 saturated heterocycles. The van der Waals surface area contributed by atoms with Gasteiger partial charge in [0.05, 0.1) is 0 Å². The number of carbonyl (C=O) groups excluding carboxylic acids is 2. The molecule has 2 amide bonds. The number of hydrazine groups is 1. The summed E-state index contributed by atoms with van der Waals surface area (Å²) in [5.41, 5.74) is 2.13. The third-order valence-electron chi connectivity index (χ3n) is 2.07. The summed E-state index contributed by atoms with van der Waals surface area (Å²) in [5.74, 6) is -2.43. The number of rotatable bonds is 2. The van der Waals surface area contributed by atoms with Gasteiger partial charge in [0, 0.05) is 5.56 Å². The first-order chi connectivity index (χ1) is 8.21. The Kier molecular flexibility index (Phi) is 3.77. The molecule has 7 heteroatoms. The Morgan fingerprint density at radius 3 is 2.22 bits per heavy atom. The van der Waals surface area contributed by atoms with Crippen LogP contribution in [0.2, 0.25) is 0 Å². The van der Waals surface area contributed by atoms with Gasteiger partial charge in [-0.05, 0) is 32.0 Å². The summed E-state index contributed by atoms with van der Waals surface area (Å²) in [5, 5.41) is 29.5. The van der Waals surface area contributed by atoms with Crippen LogP contribution in [0.1, 0.15) is 24.2 Å². The van der Waals surface area contributed by atoms with Gasteiger partial charge in [-0.2, -0.15) is 0 Å². The summed E-state index contributed by atoms with van der Waals surface area (Å²) in [6.07, 6.45) is 0. The molecule has 1 aromatic rings. The number of nitrogens with one attached hydrogen (secondary N) is 2. The van der Waals surface area contributed by atoms with E-state index in [1.807, 2.05) is 10.9 Å². The molecule has 0 saturated carbocycles. The van der Waals surface area contributed by atoms with Gasteiger partial charge in [0.15, 0.2) is 17.1 Å². The maximum absolute atomic E-state index is 11.5. The summed E-state index contributed by atoms with van der Waals surface area (Å²) in [6.45, 7) is 2.31. The first-order valence-electron chi connectivity index (χ1n) is 5.05. The number of benzene rings is 1. The van der Waals surface area contributed by atoms with Gasteiger partial charge < -0.3 is 10.2 Å². The summed E-state index contributed by atoms with van der Waals surface area (Å²) in [7, 11) is 0. The first kappa shape index (κ1) is 13.8. The Balaban J connectivity index is 2.66. The van der Waals surface area contributed by atoms with Crippen molar-refractivity contribution in [2.45, 2.75) is 19.4 Å². The zero-order chi connectivity index (χ0) is 13.9. The minimum absolute atomic E-state index is 0.0225. The molecule has 7 nitrogen and oxygen atoms in total. The fraction of sp³-hybridized carbons (Fsp3) is 0.273. The number of hydrogen-bond donors (Lipinski definition) is 4. The minimum Gasteiger partial charge on any atom is -0.504 e. The lowest BCUT2D eigenvalue weighted by Crippen LogP contribution is -2.49. The van der Waals surface area contributed by atoms with Crippen LogP contribution < -0.4 is 10.9 Å². The molecule has 0 unspecified atom stereocenters. The summed E-state index contributed by atoms with van der Waals surface area (Å²) < 4.78 is 0. The average molecular weight is 253 g/mol. The number of phenolic OH excluding ortho intramolecular Hbond substituents is 2. The maximum atomic E-state index is 11.5. The van der Waals surface area contributed by atoms with E-state index in [2.05, 4.69) is 0 Å². The Morgan fingerprint density at radius 1 is 1.11 bits per heavy atom. The highest BCUT2D eigenvalue weighted by molar-refractivity contribution is 5.96. The van der Waals surface area contributed by atoms with Gasteiger partial charge in [-0.3, -0.25) is 20.4 Å². The van der Waals surface area contributed by atoms with Crippen LogP contribution >= 0.6 is 0 Å². The van der Waals surface area contributed by atoms with Crippen LogP contribution in [-0.2, 0) is 9.90 Å². The standard InChI is InChI=1S/C11H13N2O5/c1-11(2,18)10(17)13-12-9(16)6-3-4-7(14)8(15)5-6/h3-5,14-15H,1-2H3,(H,12,16)(H,13,17). The Labute approximate surface area is 103 Å². The normalized spacial score (nSPS) is 10.8.